The van der Waals surface area contributed by atoms with Crippen LogP contribution >= 0.6 is 0 Å². The van der Waals surface area contributed by atoms with E-state index >= 15 is 0 Å². The van der Waals surface area contributed by atoms with Crippen molar-refractivity contribution in [2.75, 3.05) is 7.11 Å². The van der Waals surface area contributed by atoms with Crippen LogP contribution in [0.1, 0.15) is 31.1 Å². The number of aldehydes is 2. The van der Waals surface area contributed by atoms with Gasteiger partial charge in [0.2, 0.25) is 0 Å². The van der Waals surface area contributed by atoms with Gasteiger partial charge in [0.1, 0.15) is 17.8 Å². The van der Waals surface area contributed by atoms with E-state index in [1.54, 1.807) is 6.07 Å². The summed E-state index contributed by atoms with van der Waals surface area (Å²) in [6.07, 6.45) is 1.27. The molecule has 106 valence electrons. The average molecular weight is 284 g/mol. The van der Waals surface area contributed by atoms with Crippen molar-refractivity contribution in [1.82, 2.24) is 0 Å². The second kappa shape index (κ2) is 6.47. The van der Waals surface area contributed by atoms with Crippen LogP contribution in [0.2, 0.25) is 0 Å². The predicted octanol–water partition coefficient (Wildman–Crippen LogP) is 2.54. The molecule has 0 saturated heterocycles. The normalized spacial score (nSPS) is 9.76. The molecule has 5 nitrogen and oxygen atoms in total. The Morgan fingerprint density at radius 1 is 1.00 bits per heavy atom. The molecular weight excluding hydrogens is 272 g/mol. The summed E-state index contributed by atoms with van der Waals surface area (Å²) < 4.78 is 10.2. The van der Waals surface area contributed by atoms with Gasteiger partial charge in [-0.05, 0) is 30.3 Å². The molecule has 0 amide bonds. The first-order chi connectivity index (χ1) is 10.2. The van der Waals surface area contributed by atoms with Gasteiger partial charge in [0.05, 0.1) is 18.2 Å². The molecule has 0 aliphatic heterocycles. The molecule has 0 atom stereocenters. The maximum absolute atomic E-state index is 12.0. The van der Waals surface area contributed by atoms with Gasteiger partial charge >= 0.3 is 5.97 Å². The van der Waals surface area contributed by atoms with Crippen molar-refractivity contribution in [2.24, 2.45) is 0 Å². The fourth-order valence-corrected chi connectivity index (χ4v) is 1.70. The monoisotopic (exact) mass is 284 g/mol. The van der Waals surface area contributed by atoms with Gasteiger partial charge in [-0.1, -0.05) is 12.1 Å². The first-order valence-electron chi connectivity index (χ1n) is 6.08. The molecule has 5 heteroatoms. The summed E-state index contributed by atoms with van der Waals surface area (Å²) in [6, 6.07) is 10.5. The standard InChI is InChI=1S/C16H12O5/c1-20-14-6-7-15(13(8-14)10-18)21-16(19)12-4-2-11(9-17)3-5-12/h2-10H,1H3. The summed E-state index contributed by atoms with van der Waals surface area (Å²) in [5.41, 5.74) is 0.963. The van der Waals surface area contributed by atoms with Crippen molar-refractivity contribution in [3.63, 3.8) is 0 Å². The minimum absolute atomic E-state index is 0.148. The Bertz CT molecular complexity index is 674. The Balaban J connectivity index is 2.22. The zero-order valence-corrected chi connectivity index (χ0v) is 11.2. The van der Waals surface area contributed by atoms with Gasteiger partial charge in [-0.2, -0.15) is 0 Å². The summed E-state index contributed by atoms with van der Waals surface area (Å²) in [5, 5.41) is 0. The van der Waals surface area contributed by atoms with Gasteiger partial charge in [0, 0.05) is 5.56 Å². The number of hydrogen-bond donors (Lipinski definition) is 0. The third-order valence-corrected chi connectivity index (χ3v) is 2.83. The lowest BCUT2D eigenvalue weighted by molar-refractivity contribution is 0.0733. The molecule has 21 heavy (non-hydrogen) atoms. The Hall–Kier alpha value is -2.95. The van der Waals surface area contributed by atoms with Crippen LogP contribution in [0.15, 0.2) is 42.5 Å². The number of methoxy groups -OCH3 is 1. The van der Waals surface area contributed by atoms with Crippen LogP contribution in [0.4, 0.5) is 0 Å². The van der Waals surface area contributed by atoms with E-state index in [0.717, 1.165) is 0 Å². The predicted molar refractivity (Wildman–Crippen MR) is 75.2 cm³/mol. The fourth-order valence-electron chi connectivity index (χ4n) is 1.70. The first-order valence-corrected chi connectivity index (χ1v) is 6.08. The highest BCUT2D eigenvalue weighted by atomic mass is 16.5. The Morgan fingerprint density at radius 3 is 2.29 bits per heavy atom. The maximum Gasteiger partial charge on any atom is 0.343 e. The number of hydrogen-bond acceptors (Lipinski definition) is 5. The Morgan fingerprint density at radius 2 is 1.71 bits per heavy atom. The Labute approximate surface area is 121 Å². The van der Waals surface area contributed by atoms with Crippen LogP contribution in [0.3, 0.4) is 0 Å². The van der Waals surface area contributed by atoms with Crippen molar-refractivity contribution >= 4 is 18.5 Å². The van der Waals surface area contributed by atoms with Crippen LogP contribution < -0.4 is 9.47 Å². The van der Waals surface area contributed by atoms with Crippen molar-refractivity contribution < 1.29 is 23.9 Å². The lowest BCUT2D eigenvalue weighted by Gasteiger charge is -2.08. The summed E-state index contributed by atoms with van der Waals surface area (Å²) in [5.74, 6) is 0.0308. The molecule has 0 unspecified atom stereocenters. The van der Waals surface area contributed by atoms with Crippen molar-refractivity contribution in [3.05, 3.63) is 59.2 Å². The van der Waals surface area contributed by atoms with E-state index in [1.165, 1.54) is 43.5 Å². The molecule has 0 aromatic heterocycles. The molecule has 0 N–H and O–H groups in total. The van der Waals surface area contributed by atoms with Gasteiger partial charge in [-0.15, -0.1) is 0 Å². The quantitative estimate of drug-likeness (QED) is 0.479. The number of benzene rings is 2. The van der Waals surface area contributed by atoms with Crippen molar-refractivity contribution in [3.8, 4) is 11.5 Å². The third kappa shape index (κ3) is 3.33. The molecule has 0 fully saturated rings. The zero-order chi connectivity index (χ0) is 15.2. The molecule has 2 aromatic carbocycles. The number of carbonyl (C=O) groups excluding carboxylic acids is 3. The van der Waals surface area contributed by atoms with Crippen LogP contribution in [-0.4, -0.2) is 25.7 Å². The van der Waals surface area contributed by atoms with Crippen molar-refractivity contribution in [2.45, 2.75) is 0 Å². The Kier molecular flexibility index (Phi) is 4.46. The molecule has 0 radical (unpaired) electrons. The molecule has 0 aliphatic rings. The van der Waals surface area contributed by atoms with Crippen molar-refractivity contribution in [1.29, 1.82) is 0 Å². The van der Waals surface area contributed by atoms with E-state index in [0.29, 0.717) is 23.9 Å². The number of esters is 1. The van der Waals surface area contributed by atoms with Gasteiger partial charge < -0.3 is 9.47 Å². The van der Waals surface area contributed by atoms with Crippen LogP contribution in [0.5, 0.6) is 11.5 Å². The largest absolute Gasteiger partial charge is 0.497 e. The lowest BCUT2D eigenvalue weighted by atomic mass is 10.1. The first kappa shape index (κ1) is 14.5. The zero-order valence-electron chi connectivity index (χ0n) is 11.2. The highest BCUT2D eigenvalue weighted by Crippen LogP contribution is 2.23. The van der Waals surface area contributed by atoms with Crippen LogP contribution in [-0.2, 0) is 0 Å². The summed E-state index contributed by atoms with van der Waals surface area (Å²) in [4.78, 5) is 33.5. The smallest absolute Gasteiger partial charge is 0.343 e. The number of carbonyl (C=O) groups is 3. The van der Waals surface area contributed by atoms with Gasteiger partial charge in [0.25, 0.3) is 0 Å². The van der Waals surface area contributed by atoms with Crippen LogP contribution in [0, 0.1) is 0 Å². The topological polar surface area (TPSA) is 69.7 Å². The van der Waals surface area contributed by atoms with E-state index in [2.05, 4.69) is 0 Å². The van der Waals surface area contributed by atoms with E-state index in [4.69, 9.17) is 9.47 Å². The number of rotatable bonds is 5. The summed E-state index contributed by atoms with van der Waals surface area (Å²) in [7, 11) is 1.48. The third-order valence-electron chi connectivity index (χ3n) is 2.83. The van der Waals surface area contributed by atoms with Gasteiger partial charge in [-0.3, -0.25) is 9.59 Å². The maximum atomic E-state index is 12.0. The minimum Gasteiger partial charge on any atom is -0.497 e. The highest BCUT2D eigenvalue weighted by Gasteiger charge is 2.12. The number of ether oxygens (including phenoxy) is 2. The molecule has 0 heterocycles. The van der Waals surface area contributed by atoms with E-state index < -0.39 is 5.97 Å². The van der Waals surface area contributed by atoms with Gasteiger partial charge in [0.15, 0.2) is 6.29 Å². The molecule has 0 spiro atoms. The molecule has 2 aromatic rings. The minimum atomic E-state index is -0.610. The molecule has 0 saturated carbocycles. The van der Waals surface area contributed by atoms with E-state index in [9.17, 15) is 14.4 Å². The second-order valence-electron chi connectivity index (χ2n) is 4.15. The van der Waals surface area contributed by atoms with Crippen LogP contribution in [0.25, 0.3) is 0 Å². The summed E-state index contributed by atoms with van der Waals surface area (Å²) >= 11 is 0. The van der Waals surface area contributed by atoms with E-state index in [-0.39, 0.29) is 16.9 Å². The highest BCUT2D eigenvalue weighted by molar-refractivity contribution is 5.93. The molecule has 0 bridgehead atoms. The lowest BCUT2D eigenvalue weighted by Crippen LogP contribution is -2.10. The molecular formula is C16H12O5. The summed E-state index contributed by atoms with van der Waals surface area (Å²) in [6.45, 7) is 0. The second-order valence-corrected chi connectivity index (χ2v) is 4.15. The van der Waals surface area contributed by atoms with Gasteiger partial charge in [-0.25, -0.2) is 4.79 Å². The SMILES string of the molecule is COc1ccc(OC(=O)c2ccc(C=O)cc2)c(C=O)c1. The average Bonchev–Trinajstić information content (AvgIpc) is 2.55. The fraction of sp³-hybridized carbons (Fsp3) is 0.0625. The van der Waals surface area contributed by atoms with E-state index in [1.807, 2.05) is 0 Å². The molecule has 2 rings (SSSR count). The molecule has 0 aliphatic carbocycles.